The van der Waals surface area contributed by atoms with Crippen LogP contribution in [-0.2, 0) is 11.3 Å². The normalized spacial score (nSPS) is 14.8. The van der Waals surface area contributed by atoms with Gasteiger partial charge in [-0.15, -0.1) is 0 Å². The minimum Gasteiger partial charge on any atom is -0.354 e. The second-order valence-electron chi connectivity index (χ2n) is 9.47. The number of likely N-dealkylation sites (N-methyl/N-ethyl adjacent to an activating group) is 1. The van der Waals surface area contributed by atoms with E-state index in [2.05, 4.69) is 37.5 Å². The van der Waals surface area contributed by atoms with E-state index in [-0.39, 0.29) is 11.7 Å². The zero-order chi connectivity index (χ0) is 24.0. The molecule has 2 heterocycles. The Morgan fingerprint density at radius 2 is 1.91 bits per heavy atom. The average Bonchev–Trinajstić information content (AvgIpc) is 3.12. The summed E-state index contributed by atoms with van der Waals surface area (Å²) >= 11 is 0. The summed E-state index contributed by atoms with van der Waals surface area (Å²) in [5, 5.41) is 4.85. The molecule has 1 aromatic carbocycles. The molecule has 7 heteroatoms. The van der Waals surface area contributed by atoms with E-state index in [4.69, 9.17) is 5.10 Å². The molecule has 0 radical (unpaired) electrons. The van der Waals surface area contributed by atoms with Gasteiger partial charge in [0.25, 0.3) is 0 Å². The fourth-order valence-corrected chi connectivity index (χ4v) is 4.49. The first-order valence-corrected chi connectivity index (χ1v) is 12.4. The lowest BCUT2D eigenvalue weighted by Crippen LogP contribution is -2.47. The zero-order valence-electron chi connectivity index (χ0n) is 21.0. The van der Waals surface area contributed by atoms with Crippen LogP contribution in [0.1, 0.15) is 58.2 Å². The Morgan fingerprint density at radius 1 is 1.18 bits per heavy atom. The molecule has 0 unspecified atom stereocenters. The first-order chi connectivity index (χ1) is 15.8. The number of nitrogens with zero attached hydrogens (tertiary/aromatic N) is 5. The van der Waals surface area contributed by atoms with Gasteiger partial charge in [0.05, 0.1) is 17.9 Å². The van der Waals surface area contributed by atoms with Gasteiger partial charge in [0.2, 0.25) is 5.91 Å². The highest BCUT2D eigenvalue weighted by molar-refractivity contribution is 5.76. The van der Waals surface area contributed by atoms with Crippen LogP contribution in [0.2, 0.25) is 0 Å². The SMILES string of the molecule is CCCCC(=O)N(Cc1c(C)nn(-c2cccc(F)c2)c1N1CCN(CC)CC1)CC(C)C. The summed E-state index contributed by atoms with van der Waals surface area (Å²) in [6.07, 6.45) is 2.48. The predicted octanol–water partition coefficient (Wildman–Crippen LogP) is 4.64. The zero-order valence-corrected chi connectivity index (χ0v) is 21.0. The van der Waals surface area contributed by atoms with Crippen molar-refractivity contribution < 1.29 is 9.18 Å². The van der Waals surface area contributed by atoms with Crippen molar-refractivity contribution in [2.75, 3.05) is 44.2 Å². The highest BCUT2D eigenvalue weighted by Gasteiger charge is 2.27. The van der Waals surface area contributed by atoms with Gasteiger partial charge in [-0.1, -0.05) is 40.2 Å². The number of carbonyl (C=O) groups is 1. The number of unbranched alkanes of at least 4 members (excludes halogenated alkanes) is 1. The van der Waals surface area contributed by atoms with Crippen LogP contribution in [-0.4, -0.2) is 64.8 Å². The van der Waals surface area contributed by atoms with Crippen molar-refractivity contribution in [3.8, 4) is 5.69 Å². The van der Waals surface area contributed by atoms with Crippen LogP contribution in [0.5, 0.6) is 0 Å². The van der Waals surface area contributed by atoms with Crippen molar-refractivity contribution >= 4 is 11.7 Å². The van der Waals surface area contributed by atoms with E-state index in [1.54, 1.807) is 6.07 Å². The Bertz CT molecular complexity index is 917. The summed E-state index contributed by atoms with van der Waals surface area (Å²) in [7, 11) is 0. The summed E-state index contributed by atoms with van der Waals surface area (Å²) in [4.78, 5) is 19.9. The Balaban J connectivity index is 2.01. The number of aryl methyl sites for hydroxylation is 1. The monoisotopic (exact) mass is 457 g/mol. The molecule has 0 saturated carbocycles. The molecule has 1 amide bonds. The van der Waals surface area contributed by atoms with Crippen LogP contribution in [0.25, 0.3) is 5.69 Å². The third-order valence-electron chi connectivity index (χ3n) is 6.36. The van der Waals surface area contributed by atoms with Crippen LogP contribution >= 0.6 is 0 Å². The fraction of sp³-hybridized carbons (Fsp3) is 0.615. The minimum atomic E-state index is -0.278. The second-order valence-corrected chi connectivity index (χ2v) is 9.47. The maximum absolute atomic E-state index is 14.1. The lowest BCUT2D eigenvalue weighted by Gasteiger charge is -2.36. The van der Waals surface area contributed by atoms with E-state index in [9.17, 15) is 9.18 Å². The summed E-state index contributed by atoms with van der Waals surface area (Å²) in [6.45, 7) is 16.6. The number of anilines is 1. The largest absolute Gasteiger partial charge is 0.354 e. The molecule has 1 aromatic heterocycles. The van der Waals surface area contributed by atoms with Crippen LogP contribution in [0.15, 0.2) is 24.3 Å². The second kappa shape index (κ2) is 11.6. The van der Waals surface area contributed by atoms with Gasteiger partial charge in [0, 0.05) is 44.7 Å². The molecule has 2 aromatic rings. The Morgan fingerprint density at radius 3 is 2.52 bits per heavy atom. The molecule has 1 aliphatic heterocycles. The molecule has 0 aliphatic carbocycles. The van der Waals surface area contributed by atoms with E-state index in [1.807, 2.05) is 22.6 Å². The predicted molar refractivity (Wildman–Crippen MR) is 132 cm³/mol. The molecule has 33 heavy (non-hydrogen) atoms. The molecule has 1 fully saturated rings. The van der Waals surface area contributed by atoms with Crippen molar-refractivity contribution in [1.29, 1.82) is 0 Å². The van der Waals surface area contributed by atoms with Gasteiger partial charge in [0.1, 0.15) is 11.6 Å². The quantitative estimate of drug-likeness (QED) is 0.522. The molecule has 182 valence electrons. The molecular formula is C26H40FN5O. The number of rotatable bonds is 10. The van der Waals surface area contributed by atoms with Gasteiger partial charge in [0.15, 0.2) is 0 Å². The number of benzene rings is 1. The number of hydrogen-bond donors (Lipinski definition) is 0. The minimum absolute atomic E-state index is 0.199. The Labute approximate surface area is 198 Å². The Kier molecular flexibility index (Phi) is 8.89. The highest BCUT2D eigenvalue weighted by atomic mass is 19.1. The lowest BCUT2D eigenvalue weighted by atomic mass is 10.1. The number of halogens is 1. The number of piperazine rings is 1. The first-order valence-electron chi connectivity index (χ1n) is 12.4. The van der Waals surface area contributed by atoms with E-state index in [0.29, 0.717) is 24.6 Å². The van der Waals surface area contributed by atoms with Gasteiger partial charge >= 0.3 is 0 Å². The van der Waals surface area contributed by atoms with Crippen molar-refractivity contribution in [3.63, 3.8) is 0 Å². The summed E-state index contributed by atoms with van der Waals surface area (Å²) in [5.74, 6) is 1.29. The molecule has 0 bridgehead atoms. The maximum atomic E-state index is 14.1. The Hall–Kier alpha value is -2.41. The molecule has 3 rings (SSSR count). The molecule has 1 aliphatic rings. The summed E-state index contributed by atoms with van der Waals surface area (Å²) < 4.78 is 16.0. The third-order valence-corrected chi connectivity index (χ3v) is 6.36. The highest BCUT2D eigenvalue weighted by Crippen LogP contribution is 2.30. The lowest BCUT2D eigenvalue weighted by molar-refractivity contribution is -0.132. The number of aromatic nitrogens is 2. The molecule has 0 atom stereocenters. The topological polar surface area (TPSA) is 44.6 Å². The molecular weight excluding hydrogens is 417 g/mol. The first kappa shape index (κ1) is 25.2. The van der Waals surface area contributed by atoms with Crippen molar-refractivity contribution in [1.82, 2.24) is 19.6 Å². The van der Waals surface area contributed by atoms with Gasteiger partial charge in [-0.25, -0.2) is 9.07 Å². The van der Waals surface area contributed by atoms with Gasteiger partial charge in [-0.3, -0.25) is 4.79 Å². The van der Waals surface area contributed by atoms with Crippen LogP contribution < -0.4 is 4.90 Å². The molecule has 1 saturated heterocycles. The van der Waals surface area contributed by atoms with Crippen molar-refractivity contribution in [3.05, 3.63) is 41.3 Å². The number of carbonyl (C=O) groups excluding carboxylic acids is 1. The summed E-state index contributed by atoms with van der Waals surface area (Å²) in [6, 6.07) is 6.60. The van der Waals surface area contributed by atoms with E-state index >= 15 is 0 Å². The molecule has 0 N–H and O–H groups in total. The van der Waals surface area contributed by atoms with Gasteiger partial charge < -0.3 is 14.7 Å². The third kappa shape index (κ3) is 6.34. The standard InChI is InChI=1S/C26H40FN5O/c1-6-8-12-25(33)31(18-20(3)4)19-24-21(5)28-32(23-11-9-10-22(27)17-23)26(24)30-15-13-29(7-2)14-16-30/h9-11,17,20H,6-8,12-16,18-19H2,1-5H3. The van der Waals surface area contributed by atoms with E-state index in [0.717, 1.165) is 69.2 Å². The van der Waals surface area contributed by atoms with Crippen LogP contribution in [0, 0.1) is 18.7 Å². The number of hydrogen-bond acceptors (Lipinski definition) is 4. The van der Waals surface area contributed by atoms with E-state index in [1.165, 1.54) is 12.1 Å². The van der Waals surface area contributed by atoms with Gasteiger partial charge in [-0.05, 0) is 44.0 Å². The summed E-state index contributed by atoms with van der Waals surface area (Å²) in [5.41, 5.74) is 2.67. The average molecular weight is 458 g/mol. The number of amides is 1. The van der Waals surface area contributed by atoms with E-state index < -0.39 is 0 Å². The van der Waals surface area contributed by atoms with Crippen LogP contribution in [0.4, 0.5) is 10.2 Å². The molecule has 6 nitrogen and oxygen atoms in total. The smallest absolute Gasteiger partial charge is 0.222 e. The fourth-order valence-electron chi connectivity index (χ4n) is 4.49. The van der Waals surface area contributed by atoms with Crippen LogP contribution in [0.3, 0.4) is 0 Å². The van der Waals surface area contributed by atoms with Crippen molar-refractivity contribution in [2.45, 2.75) is 60.4 Å². The maximum Gasteiger partial charge on any atom is 0.222 e. The van der Waals surface area contributed by atoms with Gasteiger partial charge in [-0.2, -0.15) is 5.10 Å². The van der Waals surface area contributed by atoms with Crippen molar-refractivity contribution in [2.24, 2.45) is 5.92 Å². The molecule has 0 spiro atoms.